The van der Waals surface area contributed by atoms with Gasteiger partial charge in [0.1, 0.15) is 0 Å². The predicted octanol–water partition coefficient (Wildman–Crippen LogP) is 0.541. The van der Waals surface area contributed by atoms with Crippen LogP contribution in [0.5, 0.6) is 0 Å². The maximum atomic E-state index is 9.09. The number of aliphatic hydroxyl groups excluding tert-OH is 1. The first kappa shape index (κ1) is 12.9. The third-order valence-electron chi connectivity index (χ3n) is 2.44. The molecular weight excluding hydrogens is 194 g/mol. The zero-order valence-corrected chi connectivity index (χ0v) is 9.74. The Morgan fingerprint density at radius 1 is 1.53 bits per heavy atom. The molecule has 1 heterocycles. The van der Waals surface area contributed by atoms with E-state index in [2.05, 4.69) is 19.2 Å². The Morgan fingerprint density at radius 3 is 2.87 bits per heavy atom. The second-order valence-corrected chi connectivity index (χ2v) is 4.37. The summed E-state index contributed by atoms with van der Waals surface area (Å²) in [6, 6.07) is 0.403. The van der Waals surface area contributed by atoms with Crippen molar-refractivity contribution >= 4 is 0 Å². The lowest BCUT2D eigenvalue weighted by atomic mass is 10.2. The third-order valence-corrected chi connectivity index (χ3v) is 2.44. The summed E-state index contributed by atoms with van der Waals surface area (Å²) in [4.78, 5) is 0. The summed E-state index contributed by atoms with van der Waals surface area (Å²) >= 11 is 0. The molecule has 0 amide bonds. The Bertz CT molecular complexity index is 158. The minimum Gasteiger partial charge on any atom is -0.395 e. The fourth-order valence-corrected chi connectivity index (χ4v) is 1.74. The van der Waals surface area contributed by atoms with Crippen molar-refractivity contribution in [3.63, 3.8) is 0 Å². The van der Waals surface area contributed by atoms with E-state index in [9.17, 15) is 0 Å². The highest BCUT2D eigenvalue weighted by Crippen LogP contribution is 2.11. The Balaban J connectivity index is 2.05. The Kier molecular flexibility index (Phi) is 6.17. The standard InChI is InChI=1S/C11H23NO3/c1-9(2)12-10(6-13)7-14-8-11-4-3-5-15-11/h9-13H,3-8H2,1-2H3. The number of hydrogen-bond acceptors (Lipinski definition) is 4. The minimum absolute atomic E-state index is 0.0337. The van der Waals surface area contributed by atoms with Gasteiger partial charge in [-0.3, -0.25) is 0 Å². The number of ether oxygens (including phenoxy) is 2. The first-order valence-corrected chi connectivity index (χ1v) is 5.78. The zero-order chi connectivity index (χ0) is 11.1. The highest BCUT2D eigenvalue weighted by molar-refractivity contribution is 4.69. The first-order chi connectivity index (χ1) is 7.22. The van der Waals surface area contributed by atoms with Crippen molar-refractivity contribution in [2.24, 2.45) is 0 Å². The molecule has 0 bridgehead atoms. The van der Waals surface area contributed by atoms with Crippen molar-refractivity contribution < 1.29 is 14.6 Å². The highest BCUT2D eigenvalue weighted by Gasteiger charge is 2.16. The Hall–Kier alpha value is -0.160. The second-order valence-electron chi connectivity index (χ2n) is 4.37. The van der Waals surface area contributed by atoms with E-state index in [1.807, 2.05) is 0 Å². The van der Waals surface area contributed by atoms with Gasteiger partial charge in [-0.1, -0.05) is 13.8 Å². The summed E-state index contributed by atoms with van der Waals surface area (Å²) in [7, 11) is 0. The molecule has 1 aliphatic heterocycles. The van der Waals surface area contributed by atoms with E-state index in [1.165, 1.54) is 0 Å². The minimum atomic E-state index is 0.0337. The fourth-order valence-electron chi connectivity index (χ4n) is 1.74. The molecule has 0 radical (unpaired) electrons. The van der Waals surface area contributed by atoms with Gasteiger partial charge in [-0.2, -0.15) is 0 Å². The average molecular weight is 217 g/mol. The molecule has 0 spiro atoms. The molecule has 1 aliphatic rings. The molecule has 2 unspecified atom stereocenters. The van der Waals surface area contributed by atoms with Crippen LogP contribution in [0.25, 0.3) is 0 Å². The van der Waals surface area contributed by atoms with Crippen LogP contribution in [-0.2, 0) is 9.47 Å². The van der Waals surface area contributed by atoms with E-state index in [1.54, 1.807) is 0 Å². The van der Waals surface area contributed by atoms with E-state index >= 15 is 0 Å². The molecule has 90 valence electrons. The largest absolute Gasteiger partial charge is 0.395 e. The van der Waals surface area contributed by atoms with E-state index in [4.69, 9.17) is 14.6 Å². The first-order valence-electron chi connectivity index (χ1n) is 5.78. The maximum absolute atomic E-state index is 9.09. The van der Waals surface area contributed by atoms with Crippen molar-refractivity contribution in [1.29, 1.82) is 0 Å². The molecule has 1 rings (SSSR count). The molecular formula is C11H23NO3. The van der Waals surface area contributed by atoms with Crippen LogP contribution in [-0.4, -0.2) is 49.7 Å². The summed E-state index contributed by atoms with van der Waals surface area (Å²) in [5, 5.41) is 12.3. The van der Waals surface area contributed by atoms with Gasteiger partial charge in [-0.05, 0) is 12.8 Å². The Morgan fingerprint density at radius 2 is 2.33 bits per heavy atom. The molecule has 15 heavy (non-hydrogen) atoms. The summed E-state index contributed by atoms with van der Waals surface area (Å²) in [5.41, 5.74) is 0. The second kappa shape index (κ2) is 7.17. The zero-order valence-electron chi connectivity index (χ0n) is 9.74. The van der Waals surface area contributed by atoms with E-state index in [0.717, 1.165) is 19.4 Å². The monoisotopic (exact) mass is 217 g/mol. The molecule has 4 heteroatoms. The van der Waals surface area contributed by atoms with Gasteiger partial charge in [0.15, 0.2) is 0 Å². The lowest BCUT2D eigenvalue weighted by molar-refractivity contribution is 0.00411. The van der Waals surface area contributed by atoms with Gasteiger partial charge >= 0.3 is 0 Å². The van der Waals surface area contributed by atoms with Crippen molar-refractivity contribution in [2.75, 3.05) is 26.4 Å². The van der Waals surface area contributed by atoms with Crippen LogP contribution in [0.1, 0.15) is 26.7 Å². The molecule has 0 saturated carbocycles. The van der Waals surface area contributed by atoms with Gasteiger partial charge in [0.05, 0.1) is 32.0 Å². The molecule has 2 atom stereocenters. The molecule has 2 N–H and O–H groups in total. The van der Waals surface area contributed by atoms with Crippen LogP contribution in [0, 0.1) is 0 Å². The van der Waals surface area contributed by atoms with Crippen molar-refractivity contribution in [3.05, 3.63) is 0 Å². The van der Waals surface area contributed by atoms with Crippen LogP contribution in [0.3, 0.4) is 0 Å². The van der Waals surface area contributed by atoms with Gasteiger partial charge in [0, 0.05) is 12.6 Å². The smallest absolute Gasteiger partial charge is 0.0809 e. The van der Waals surface area contributed by atoms with Crippen LogP contribution >= 0.6 is 0 Å². The normalized spacial score (nSPS) is 23.6. The predicted molar refractivity (Wildman–Crippen MR) is 58.9 cm³/mol. The van der Waals surface area contributed by atoms with Crippen molar-refractivity contribution in [3.8, 4) is 0 Å². The van der Waals surface area contributed by atoms with Crippen LogP contribution in [0.15, 0.2) is 0 Å². The van der Waals surface area contributed by atoms with Crippen molar-refractivity contribution in [1.82, 2.24) is 5.32 Å². The third kappa shape index (κ3) is 5.47. The topological polar surface area (TPSA) is 50.7 Å². The lowest BCUT2D eigenvalue weighted by Crippen LogP contribution is -2.41. The molecule has 1 saturated heterocycles. The average Bonchev–Trinajstić information content (AvgIpc) is 2.68. The lowest BCUT2D eigenvalue weighted by Gasteiger charge is -2.20. The highest BCUT2D eigenvalue weighted by atomic mass is 16.5. The summed E-state index contributed by atoms with van der Waals surface area (Å²) in [6.45, 7) is 6.29. The molecule has 0 aliphatic carbocycles. The van der Waals surface area contributed by atoms with E-state index in [0.29, 0.717) is 19.3 Å². The number of hydrogen-bond donors (Lipinski definition) is 2. The van der Waals surface area contributed by atoms with Gasteiger partial charge in [-0.15, -0.1) is 0 Å². The van der Waals surface area contributed by atoms with E-state index in [-0.39, 0.29) is 18.8 Å². The Labute approximate surface area is 92.0 Å². The van der Waals surface area contributed by atoms with Crippen molar-refractivity contribution in [2.45, 2.75) is 44.9 Å². The van der Waals surface area contributed by atoms with Gasteiger partial charge in [-0.25, -0.2) is 0 Å². The molecule has 4 nitrogen and oxygen atoms in total. The summed E-state index contributed by atoms with van der Waals surface area (Å²) in [5.74, 6) is 0. The fraction of sp³-hybridized carbons (Fsp3) is 1.00. The van der Waals surface area contributed by atoms with Gasteiger partial charge in [0.25, 0.3) is 0 Å². The van der Waals surface area contributed by atoms with Crippen LogP contribution in [0.4, 0.5) is 0 Å². The van der Waals surface area contributed by atoms with E-state index < -0.39 is 0 Å². The molecule has 1 fully saturated rings. The number of nitrogens with one attached hydrogen (secondary N) is 1. The molecule has 0 aromatic rings. The summed E-state index contributed by atoms with van der Waals surface area (Å²) in [6.07, 6.45) is 2.51. The molecule has 0 aromatic heterocycles. The van der Waals surface area contributed by atoms with Gasteiger partial charge < -0.3 is 19.9 Å². The maximum Gasteiger partial charge on any atom is 0.0809 e. The molecule has 0 aromatic carbocycles. The van der Waals surface area contributed by atoms with Crippen LogP contribution < -0.4 is 5.32 Å². The number of aliphatic hydroxyl groups is 1. The summed E-state index contributed by atoms with van der Waals surface area (Å²) < 4.78 is 11.0. The quantitative estimate of drug-likeness (QED) is 0.653. The van der Waals surface area contributed by atoms with Gasteiger partial charge in [0.2, 0.25) is 0 Å². The SMILES string of the molecule is CC(C)NC(CO)COCC1CCCO1. The van der Waals surface area contributed by atoms with Crippen LogP contribution in [0.2, 0.25) is 0 Å². The number of rotatable bonds is 7.